The van der Waals surface area contributed by atoms with Crippen molar-refractivity contribution in [2.75, 3.05) is 24.2 Å². The molecule has 0 aromatic heterocycles. The summed E-state index contributed by atoms with van der Waals surface area (Å²) >= 11 is 0. The molecule has 1 aromatic rings. The van der Waals surface area contributed by atoms with Crippen molar-refractivity contribution in [2.24, 2.45) is 5.92 Å². The van der Waals surface area contributed by atoms with Crippen LogP contribution in [0.1, 0.15) is 32.6 Å². The Labute approximate surface area is 145 Å². The van der Waals surface area contributed by atoms with Crippen molar-refractivity contribution < 1.29 is 26.4 Å². The summed E-state index contributed by atoms with van der Waals surface area (Å²) in [6.45, 7) is 2.33. The normalized spacial score (nSPS) is 16.8. The van der Waals surface area contributed by atoms with Crippen LogP contribution in [0.3, 0.4) is 0 Å². The Morgan fingerprint density at radius 3 is 2.44 bits per heavy atom. The van der Waals surface area contributed by atoms with Crippen molar-refractivity contribution in [2.45, 2.75) is 32.6 Å². The number of halogens is 3. The predicted molar refractivity (Wildman–Crippen MR) is 87.9 cm³/mol. The van der Waals surface area contributed by atoms with Gasteiger partial charge in [0.25, 0.3) is 0 Å². The zero-order valence-corrected chi connectivity index (χ0v) is 14.7. The number of benzene rings is 1. The van der Waals surface area contributed by atoms with Gasteiger partial charge < -0.3 is 5.32 Å². The lowest BCUT2D eigenvalue weighted by atomic mass is 9.97. The minimum absolute atomic E-state index is 0.0838. The van der Waals surface area contributed by atoms with Crippen molar-refractivity contribution in [1.29, 1.82) is 0 Å². The fourth-order valence-corrected chi connectivity index (χ4v) is 4.39. The number of sulfonamides is 1. The average Bonchev–Trinajstić information content (AvgIpc) is 2.60. The zero-order chi connectivity index (χ0) is 18.6. The van der Waals surface area contributed by atoms with Gasteiger partial charge in [-0.05, 0) is 31.4 Å². The summed E-state index contributed by atoms with van der Waals surface area (Å²) in [5.74, 6) is -5.38. The molecule has 0 atom stereocenters. The molecule has 2 rings (SSSR count). The molecule has 1 fully saturated rings. The van der Waals surface area contributed by atoms with Crippen LogP contribution in [0.25, 0.3) is 0 Å². The first kappa shape index (κ1) is 19.7. The van der Waals surface area contributed by atoms with Gasteiger partial charge in [-0.25, -0.2) is 25.9 Å². The van der Waals surface area contributed by atoms with Gasteiger partial charge >= 0.3 is 0 Å². The Bertz CT molecular complexity index is 732. The van der Waals surface area contributed by atoms with Gasteiger partial charge in [-0.3, -0.25) is 4.79 Å². The summed E-state index contributed by atoms with van der Waals surface area (Å²) in [7, 11) is -3.32. The number of hydrogen-bond donors (Lipinski definition) is 1. The van der Waals surface area contributed by atoms with Crippen LogP contribution in [0.5, 0.6) is 0 Å². The molecule has 5 nitrogen and oxygen atoms in total. The van der Waals surface area contributed by atoms with E-state index in [4.69, 9.17) is 0 Å². The maximum atomic E-state index is 13.6. The number of amides is 1. The number of carbonyl (C=O) groups is 1. The molecule has 0 radical (unpaired) electrons. The number of hydrogen-bond acceptors (Lipinski definition) is 3. The van der Waals surface area contributed by atoms with Crippen LogP contribution < -0.4 is 5.32 Å². The molecule has 1 aliphatic rings. The Hall–Kier alpha value is -1.61. The monoisotopic (exact) mass is 378 g/mol. The Kier molecular flexibility index (Phi) is 6.45. The number of rotatable bonds is 6. The Balaban J connectivity index is 1.95. The SMILES string of the molecule is CCCCS(=O)(=O)N1CCC(C(=O)Nc2ccc(F)c(F)c2F)CC1. The molecule has 1 N–H and O–H groups in total. The highest BCUT2D eigenvalue weighted by Gasteiger charge is 2.31. The number of nitrogens with zero attached hydrogens (tertiary/aromatic N) is 1. The van der Waals surface area contributed by atoms with Crippen LogP contribution in [-0.2, 0) is 14.8 Å². The maximum Gasteiger partial charge on any atom is 0.227 e. The van der Waals surface area contributed by atoms with Crippen LogP contribution in [0.4, 0.5) is 18.9 Å². The van der Waals surface area contributed by atoms with Crippen molar-refractivity contribution in [1.82, 2.24) is 4.31 Å². The number of piperidine rings is 1. The van der Waals surface area contributed by atoms with Crippen LogP contribution in [-0.4, -0.2) is 37.5 Å². The topological polar surface area (TPSA) is 66.5 Å². The highest BCUT2D eigenvalue weighted by Crippen LogP contribution is 2.24. The molecule has 0 saturated carbocycles. The van der Waals surface area contributed by atoms with Gasteiger partial charge in [0.15, 0.2) is 17.5 Å². The van der Waals surface area contributed by atoms with E-state index in [-0.39, 0.29) is 18.8 Å². The average molecular weight is 378 g/mol. The fourth-order valence-electron chi connectivity index (χ4n) is 2.71. The smallest absolute Gasteiger partial charge is 0.227 e. The summed E-state index contributed by atoms with van der Waals surface area (Å²) in [4.78, 5) is 12.2. The second-order valence-electron chi connectivity index (χ2n) is 6.06. The largest absolute Gasteiger partial charge is 0.323 e. The number of carbonyl (C=O) groups excluding carboxylic acids is 1. The second-order valence-corrected chi connectivity index (χ2v) is 8.14. The van der Waals surface area contributed by atoms with Gasteiger partial charge in [0.1, 0.15) is 0 Å². The summed E-state index contributed by atoms with van der Waals surface area (Å²) < 4.78 is 65.3. The summed E-state index contributed by atoms with van der Waals surface area (Å²) in [6.07, 6.45) is 1.95. The van der Waals surface area contributed by atoms with E-state index in [9.17, 15) is 26.4 Å². The third-order valence-electron chi connectivity index (χ3n) is 4.27. The van der Waals surface area contributed by atoms with Crippen molar-refractivity contribution in [3.8, 4) is 0 Å². The van der Waals surface area contributed by atoms with Gasteiger partial charge in [-0.1, -0.05) is 13.3 Å². The molecule has 0 unspecified atom stereocenters. The molecule has 0 spiro atoms. The van der Waals surface area contributed by atoms with E-state index >= 15 is 0 Å². The first-order valence-electron chi connectivity index (χ1n) is 8.18. The lowest BCUT2D eigenvalue weighted by molar-refractivity contribution is -0.120. The van der Waals surface area contributed by atoms with E-state index in [1.54, 1.807) is 0 Å². The molecule has 25 heavy (non-hydrogen) atoms. The minimum atomic E-state index is -3.32. The minimum Gasteiger partial charge on any atom is -0.323 e. The van der Waals surface area contributed by atoms with E-state index in [1.807, 2.05) is 6.92 Å². The second kappa shape index (κ2) is 8.18. The van der Waals surface area contributed by atoms with Crippen molar-refractivity contribution >= 4 is 21.6 Å². The Morgan fingerprint density at radius 1 is 1.20 bits per heavy atom. The fraction of sp³-hybridized carbons (Fsp3) is 0.562. The lowest BCUT2D eigenvalue weighted by Crippen LogP contribution is -2.42. The molecule has 1 aliphatic heterocycles. The van der Waals surface area contributed by atoms with Crippen LogP contribution in [0.2, 0.25) is 0 Å². The number of nitrogens with one attached hydrogen (secondary N) is 1. The third-order valence-corrected chi connectivity index (χ3v) is 6.22. The highest BCUT2D eigenvalue weighted by molar-refractivity contribution is 7.89. The number of unbranched alkanes of at least 4 members (excludes halogenated alkanes) is 1. The molecular formula is C16H21F3N2O3S. The van der Waals surface area contributed by atoms with E-state index in [1.165, 1.54) is 4.31 Å². The van der Waals surface area contributed by atoms with Crippen molar-refractivity contribution in [3.05, 3.63) is 29.6 Å². The summed E-state index contributed by atoms with van der Waals surface area (Å²) in [6, 6.07) is 1.69. The van der Waals surface area contributed by atoms with Gasteiger partial charge in [0, 0.05) is 19.0 Å². The highest BCUT2D eigenvalue weighted by atomic mass is 32.2. The summed E-state index contributed by atoms with van der Waals surface area (Å²) in [5, 5.41) is 2.25. The van der Waals surface area contributed by atoms with Gasteiger partial charge in [0.05, 0.1) is 11.4 Å². The zero-order valence-electron chi connectivity index (χ0n) is 13.9. The van der Waals surface area contributed by atoms with Crippen molar-refractivity contribution in [3.63, 3.8) is 0 Å². The standard InChI is InChI=1S/C16H21F3N2O3S/c1-2-3-10-25(23,24)21-8-6-11(7-9-21)16(22)20-13-5-4-12(17)14(18)15(13)19/h4-5,11H,2-3,6-10H2,1H3,(H,20,22). The first-order chi connectivity index (χ1) is 11.8. The van der Waals surface area contributed by atoms with Crippen LogP contribution in [0, 0.1) is 23.4 Å². The van der Waals surface area contributed by atoms with Gasteiger partial charge in [-0.2, -0.15) is 0 Å². The van der Waals surface area contributed by atoms with Crippen LogP contribution in [0.15, 0.2) is 12.1 Å². The Morgan fingerprint density at radius 2 is 1.84 bits per heavy atom. The molecule has 1 saturated heterocycles. The molecule has 1 heterocycles. The molecule has 1 amide bonds. The third kappa shape index (κ3) is 4.72. The molecule has 140 valence electrons. The molecule has 1 aromatic carbocycles. The van der Waals surface area contributed by atoms with Crippen LogP contribution >= 0.6 is 0 Å². The lowest BCUT2D eigenvalue weighted by Gasteiger charge is -2.30. The van der Waals surface area contributed by atoms with E-state index in [0.29, 0.717) is 19.3 Å². The first-order valence-corrected chi connectivity index (χ1v) is 9.79. The number of anilines is 1. The van der Waals surface area contributed by atoms with Gasteiger partial charge in [0.2, 0.25) is 15.9 Å². The molecular weight excluding hydrogens is 357 g/mol. The molecule has 0 aliphatic carbocycles. The maximum absolute atomic E-state index is 13.6. The van der Waals surface area contributed by atoms with E-state index < -0.39 is 45.0 Å². The van der Waals surface area contributed by atoms with Gasteiger partial charge in [-0.15, -0.1) is 0 Å². The quantitative estimate of drug-likeness (QED) is 0.774. The van der Waals surface area contributed by atoms with E-state index in [0.717, 1.165) is 18.6 Å². The molecule has 9 heteroatoms. The molecule has 0 bridgehead atoms. The van der Waals surface area contributed by atoms with E-state index in [2.05, 4.69) is 5.32 Å². The summed E-state index contributed by atoms with van der Waals surface area (Å²) in [5.41, 5.74) is -0.429. The predicted octanol–water partition coefficient (Wildman–Crippen LogP) is 2.88.